The molecule has 1 saturated heterocycles. The Hall–Kier alpha value is -2.47. The van der Waals surface area contributed by atoms with Crippen LogP contribution in [-0.2, 0) is 6.42 Å². The molecule has 0 unspecified atom stereocenters. The minimum Gasteiger partial charge on any atom is -0.440 e. The fourth-order valence-electron chi connectivity index (χ4n) is 2.87. The first-order valence-corrected chi connectivity index (χ1v) is 9.50. The maximum Gasteiger partial charge on any atom is 0.321 e. The molecule has 1 aromatic heterocycles. The molecule has 5 nitrogen and oxygen atoms in total. The zero-order chi connectivity index (χ0) is 17.1. The Morgan fingerprint density at radius 2 is 1.96 bits per heavy atom. The minimum atomic E-state index is -0.0522. The lowest BCUT2D eigenvalue weighted by molar-refractivity contribution is 0.217. The van der Waals surface area contributed by atoms with Gasteiger partial charge in [-0.2, -0.15) is 11.8 Å². The van der Waals surface area contributed by atoms with Crippen LogP contribution in [0.3, 0.4) is 0 Å². The van der Waals surface area contributed by atoms with Gasteiger partial charge in [-0.1, -0.05) is 30.3 Å². The SMILES string of the molecule is O=C(Nc1ccc2nc(Cc3ccccc3)oc2c1)N1CCSCC1. The number of hydrogen-bond acceptors (Lipinski definition) is 4. The zero-order valence-corrected chi connectivity index (χ0v) is 14.6. The summed E-state index contributed by atoms with van der Waals surface area (Å²) in [6.07, 6.45) is 0.655. The molecule has 2 heterocycles. The molecular formula is C19H19N3O2S. The largest absolute Gasteiger partial charge is 0.440 e. The van der Waals surface area contributed by atoms with Crippen LogP contribution in [0.5, 0.6) is 0 Å². The molecular weight excluding hydrogens is 334 g/mol. The molecule has 0 saturated carbocycles. The average molecular weight is 353 g/mol. The van der Waals surface area contributed by atoms with E-state index in [1.165, 1.54) is 0 Å². The van der Waals surface area contributed by atoms with Crippen molar-refractivity contribution in [3.05, 3.63) is 60.0 Å². The second-order valence-corrected chi connectivity index (χ2v) is 7.21. The van der Waals surface area contributed by atoms with Gasteiger partial charge in [0.25, 0.3) is 0 Å². The van der Waals surface area contributed by atoms with Crippen molar-refractivity contribution in [3.8, 4) is 0 Å². The lowest BCUT2D eigenvalue weighted by Crippen LogP contribution is -2.40. The van der Waals surface area contributed by atoms with E-state index in [4.69, 9.17) is 4.42 Å². The standard InChI is InChI=1S/C19H19N3O2S/c23-19(22-8-10-25-11-9-22)20-15-6-7-16-17(13-15)24-18(21-16)12-14-4-2-1-3-5-14/h1-7,13H,8-12H2,(H,20,23). The number of amides is 2. The van der Waals surface area contributed by atoms with E-state index in [1.54, 1.807) is 0 Å². The van der Waals surface area contributed by atoms with Crippen molar-refractivity contribution in [2.45, 2.75) is 6.42 Å². The van der Waals surface area contributed by atoms with Crippen LogP contribution in [0.15, 0.2) is 52.9 Å². The van der Waals surface area contributed by atoms with Gasteiger partial charge in [-0.15, -0.1) is 0 Å². The van der Waals surface area contributed by atoms with Gasteiger partial charge in [0.15, 0.2) is 11.5 Å². The molecule has 0 atom stereocenters. The fraction of sp³-hybridized carbons (Fsp3) is 0.263. The Balaban J connectivity index is 1.49. The van der Waals surface area contributed by atoms with Gasteiger partial charge in [-0.05, 0) is 17.7 Å². The first-order valence-electron chi connectivity index (χ1n) is 8.35. The molecule has 3 aromatic rings. The predicted octanol–water partition coefficient (Wildman–Crippen LogP) is 4.00. The van der Waals surface area contributed by atoms with Crippen molar-refractivity contribution in [2.75, 3.05) is 29.9 Å². The lowest BCUT2D eigenvalue weighted by atomic mass is 10.1. The molecule has 2 amide bonds. The third kappa shape index (κ3) is 3.79. The minimum absolute atomic E-state index is 0.0522. The molecule has 4 rings (SSSR count). The Kier molecular flexibility index (Phi) is 4.61. The van der Waals surface area contributed by atoms with Gasteiger partial charge in [0.1, 0.15) is 5.52 Å². The molecule has 1 fully saturated rings. The first-order chi connectivity index (χ1) is 12.3. The van der Waals surface area contributed by atoms with Gasteiger partial charge in [-0.3, -0.25) is 0 Å². The van der Waals surface area contributed by atoms with Crippen LogP contribution < -0.4 is 5.32 Å². The van der Waals surface area contributed by atoms with Crippen LogP contribution in [0.25, 0.3) is 11.1 Å². The van der Waals surface area contributed by atoms with Crippen LogP contribution >= 0.6 is 11.8 Å². The summed E-state index contributed by atoms with van der Waals surface area (Å²) in [7, 11) is 0. The predicted molar refractivity (Wildman–Crippen MR) is 101 cm³/mol. The highest BCUT2D eigenvalue weighted by atomic mass is 32.2. The summed E-state index contributed by atoms with van der Waals surface area (Å²) in [4.78, 5) is 18.7. The maximum absolute atomic E-state index is 12.3. The maximum atomic E-state index is 12.3. The van der Waals surface area contributed by atoms with Crippen LogP contribution in [0.1, 0.15) is 11.5 Å². The summed E-state index contributed by atoms with van der Waals surface area (Å²) in [5.74, 6) is 2.67. The van der Waals surface area contributed by atoms with Crippen molar-refractivity contribution >= 4 is 34.6 Å². The van der Waals surface area contributed by atoms with Gasteiger partial charge in [-0.25, -0.2) is 9.78 Å². The van der Waals surface area contributed by atoms with Crippen molar-refractivity contribution in [1.29, 1.82) is 0 Å². The first kappa shape index (κ1) is 16.0. The number of hydrogen-bond donors (Lipinski definition) is 1. The number of oxazole rings is 1. The molecule has 128 valence electrons. The van der Waals surface area contributed by atoms with Gasteiger partial charge >= 0.3 is 6.03 Å². The number of fused-ring (bicyclic) bond motifs is 1. The molecule has 1 N–H and O–H groups in total. The Bertz CT molecular complexity index is 873. The summed E-state index contributed by atoms with van der Waals surface area (Å²) in [6.45, 7) is 1.59. The Morgan fingerprint density at radius 1 is 1.16 bits per heavy atom. The summed E-state index contributed by atoms with van der Waals surface area (Å²) < 4.78 is 5.86. The van der Waals surface area contributed by atoms with E-state index in [9.17, 15) is 4.79 Å². The van der Waals surface area contributed by atoms with Gasteiger partial charge < -0.3 is 14.6 Å². The third-order valence-corrected chi connectivity index (χ3v) is 5.12. The average Bonchev–Trinajstić information content (AvgIpc) is 3.04. The molecule has 0 aliphatic carbocycles. The van der Waals surface area contributed by atoms with Crippen LogP contribution in [-0.4, -0.2) is 40.5 Å². The van der Waals surface area contributed by atoms with Crippen molar-refractivity contribution < 1.29 is 9.21 Å². The van der Waals surface area contributed by atoms with E-state index in [-0.39, 0.29) is 6.03 Å². The smallest absolute Gasteiger partial charge is 0.321 e. The molecule has 1 aliphatic rings. The summed E-state index contributed by atoms with van der Waals surface area (Å²) >= 11 is 1.88. The number of aromatic nitrogens is 1. The summed E-state index contributed by atoms with van der Waals surface area (Å²) in [6, 6.07) is 15.6. The highest BCUT2D eigenvalue weighted by Crippen LogP contribution is 2.22. The normalized spacial score (nSPS) is 14.6. The number of nitrogens with zero attached hydrogens (tertiary/aromatic N) is 2. The van der Waals surface area contributed by atoms with E-state index < -0.39 is 0 Å². The number of anilines is 1. The van der Waals surface area contributed by atoms with Crippen molar-refractivity contribution in [2.24, 2.45) is 0 Å². The number of rotatable bonds is 3. The summed E-state index contributed by atoms with van der Waals surface area (Å²) in [5.41, 5.74) is 3.39. The molecule has 0 radical (unpaired) electrons. The number of thioether (sulfide) groups is 1. The lowest BCUT2D eigenvalue weighted by Gasteiger charge is -2.26. The molecule has 2 aromatic carbocycles. The number of carbonyl (C=O) groups excluding carboxylic acids is 1. The number of urea groups is 1. The number of nitrogens with one attached hydrogen (secondary N) is 1. The van der Waals surface area contributed by atoms with Gasteiger partial charge in [0.05, 0.1) is 0 Å². The van der Waals surface area contributed by atoms with Crippen LogP contribution in [0, 0.1) is 0 Å². The van der Waals surface area contributed by atoms with E-state index in [0.29, 0.717) is 17.9 Å². The van der Waals surface area contributed by atoms with E-state index in [0.717, 1.165) is 41.4 Å². The quantitative estimate of drug-likeness (QED) is 0.773. The number of carbonyl (C=O) groups is 1. The highest BCUT2D eigenvalue weighted by Gasteiger charge is 2.17. The second-order valence-electron chi connectivity index (χ2n) is 5.98. The topological polar surface area (TPSA) is 58.4 Å². The highest BCUT2D eigenvalue weighted by molar-refractivity contribution is 7.99. The van der Waals surface area contributed by atoms with Crippen LogP contribution in [0.2, 0.25) is 0 Å². The van der Waals surface area contributed by atoms with Gasteiger partial charge in [0.2, 0.25) is 0 Å². The molecule has 6 heteroatoms. The monoisotopic (exact) mass is 353 g/mol. The number of benzene rings is 2. The fourth-order valence-corrected chi connectivity index (χ4v) is 3.77. The zero-order valence-electron chi connectivity index (χ0n) is 13.8. The molecule has 25 heavy (non-hydrogen) atoms. The van der Waals surface area contributed by atoms with Crippen molar-refractivity contribution in [1.82, 2.24) is 9.88 Å². The van der Waals surface area contributed by atoms with Gasteiger partial charge in [0, 0.05) is 42.8 Å². The molecule has 0 bridgehead atoms. The third-order valence-electron chi connectivity index (χ3n) is 4.18. The molecule has 0 spiro atoms. The summed E-state index contributed by atoms with van der Waals surface area (Å²) in [5, 5.41) is 2.95. The van der Waals surface area contributed by atoms with Crippen molar-refractivity contribution in [3.63, 3.8) is 0 Å². The van der Waals surface area contributed by atoms with E-state index in [2.05, 4.69) is 22.4 Å². The second kappa shape index (κ2) is 7.19. The molecule has 1 aliphatic heterocycles. The Labute approximate surface area is 150 Å². The van der Waals surface area contributed by atoms with E-state index in [1.807, 2.05) is 53.1 Å². The van der Waals surface area contributed by atoms with E-state index >= 15 is 0 Å². The Morgan fingerprint density at radius 3 is 2.76 bits per heavy atom. The van der Waals surface area contributed by atoms with Crippen LogP contribution in [0.4, 0.5) is 10.5 Å².